The van der Waals surface area contributed by atoms with Crippen molar-refractivity contribution in [1.29, 1.82) is 5.41 Å². The van der Waals surface area contributed by atoms with Crippen molar-refractivity contribution in [2.24, 2.45) is 0 Å². The lowest BCUT2D eigenvalue weighted by atomic mass is 9.94. The Morgan fingerprint density at radius 1 is 1.33 bits per heavy atom. The molecule has 1 aromatic carbocycles. The van der Waals surface area contributed by atoms with Crippen LogP contribution in [-0.2, 0) is 0 Å². The van der Waals surface area contributed by atoms with Crippen molar-refractivity contribution in [1.82, 2.24) is 19.9 Å². The van der Waals surface area contributed by atoms with Crippen LogP contribution in [-0.4, -0.2) is 63.9 Å². The molecule has 11 heteroatoms. The van der Waals surface area contributed by atoms with Crippen LogP contribution >= 0.6 is 11.6 Å². The van der Waals surface area contributed by atoms with Gasteiger partial charge in [0.25, 0.3) is 5.91 Å². The molecular formula is C25H30ClN7O3. The molecular weight excluding hydrogens is 482 g/mol. The standard InChI is InChI=1S/C25H30ClN7O3/c1-13-18(26)10-17(15(3)32-24-21(14(2)27)23(28)30-12-31-24)22(36-5)20(13)16-6-7-19(29-11-16)25(35)33(4)8-9-34/h6-7,10-12,15,27,34H,8-9H2,1-5H3,(H3,28,30,31,32). The molecule has 0 aliphatic carbocycles. The molecule has 10 nitrogen and oxygen atoms in total. The molecule has 0 spiro atoms. The molecule has 5 N–H and O–H groups in total. The van der Waals surface area contributed by atoms with Gasteiger partial charge < -0.3 is 31.2 Å². The molecule has 3 rings (SSSR count). The van der Waals surface area contributed by atoms with E-state index in [1.165, 1.54) is 11.2 Å². The lowest BCUT2D eigenvalue weighted by Crippen LogP contribution is -2.30. The van der Waals surface area contributed by atoms with E-state index >= 15 is 0 Å². The number of aliphatic hydroxyl groups is 1. The van der Waals surface area contributed by atoms with E-state index < -0.39 is 0 Å². The number of pyridine rings is 1. The Morgan fingerprint density at radius 3 is 2.64 bits per heavy atom. The second-order valence-corrected chi connectivity index (χ2v) is 8.74. The topological polar surface area (TPSA) is 150 Å². The first-order valence-electron chi connectivity index (χ1n) is 11.2. The van der Waals surface area contributed by atoms with E-state index in [2.05, 4.69) is 20.3 Å². The highest BCUT2D eigenvalue weighted by molar-refractivity contribution is 6.32. The summed E-state index contributed by atoms with van der Waals surface area (Å²) in [6.07, 6.45) is 2.94. The average Bonchev–Trinajstić information content (AvgIpc) is 2.84. The molecule has 1 amide bonds. The number of amides is 1. The fourth-order valence-electron chi connectivity index (χ4n) is 3.91. The number of carbonyl (C=O) groups is 1. The van der Waals surface area contributed by atoms with E-state index in [1.54, 1.807) is 39.4 Å². The molecule has 0 fully saturated rings. The molecule has 1 atom stereocenters. The number of benzene rings is 1. The van der Waals surface area contributed by atoms with E-state index in [4.69, 9.17) is 32.6 Å². The number of nitrogens with two attached hydrogens (primary N) is 1. The van der Waals surface area contributed by atoms with Crippen molar-refractivity contribution in [3.05, 3.63) is 58.1 Å². The number of rotatable bonds is 9. The van der Waals surface area contributed by atoms with Gasteiger partial charge in [-0.25, -0.2) is 9.97 Å². The summed E-state index contributed by atoms with van der Waals surface area (Å²) in [6, 6.07) is 4.92. The lowest BCUT2D eigenvalue weighted by molar-refractivity contribution is 0.0761. The second kappa shape index (κ2) is 11.3. The van der Waals surface area contributed by atoms with Crippen LogP contribution < -0.4 is 15.8 Å². The van der Waals surface area contributed by atoms with Gasteiger partial charge in [0.2, 0.25) is 0 Å². The molecule has 36 heavy (non-hydrogen) atoms. The Hall–Kier alpha value is -3.76. The summed E-state index contributed by atoms with van der Waals surface area (Å²) < 4.78 is 5.85. The van der Waals surface area contributed by atoms with E-state index in [0.29, 0.717) is 22.2 Å². The smallest absolute Gasteiger partial charge is 0.272 e. The summed E-state index contributed by atoms with van der Waals surface area (Å²) in [7, 11) is 3.18. The Bertz CT molecular complexity index is 1280. The van der Waals surface area contributed by atoms with Crippen LogP contribution in [0, 0.1) is 12.3 Å². The number of methoxy groups -OCH3 is 1. The summed E-state index contributed by atoms with van der Waals surface area (Å²) in [5.41, 5.74) is 9.94. The number of ether oxygens (including phenoxy) is 1. The first-order valence-corrected chi connectivity index (χ1v) is 11.6. The number of nitrogens with one attached hydrogen (secondary N) is 2. The molecule has 190 valence electrons. The maximum atomic E-state index is 12.5. The molecule has 0 bridgehead atoms. The number of aromatic nitrogens is 3. The Balaban J connectivity index is 2.04. The highest BCUT2D eigenvalue weighted by atomic mass is 35.5. The van der Waals surface area contributed by atoms with Gasteiger partial charge in [0.15, 0.2) is 0 Å². The van der Waals surface area contributed by atoms with Gasteiger partial charge >= 0.3 is 0 Å². The maximum Gasteiger partial charge on any atom is 0.272 e. The number of hydrogen-bond acceptors (Lipinski definition) is 9. The average molecular weight is 512 g/mol. The summed E-state index contributed by atoms with van der Waals surface area (Å²) in [6.45, 7) is 5.52. The van der Waals surface area contributed by atoms with Crippen LogP contribution in [0.3, 0.4) is 0 Å². The number of aliphatic hydroxyl groups excluding tert-OH is 1. The number of nitrogens with zero attached hydrogens (tertiary/aromatic N) is 4. The van der Waals surface area contributed by atoms with Crippen LogP contribution in [0.25, 0.3) is 11.1 Å². The van der Waals surface area contributed by atoms with Gasteiger partial charge in [-0.05, 0) is 38.5 Å². The second-order valence-electron chi connectivity index (χ2n) is 8.34. The van der Waals surface area contributed by atoms with Gasteiger partial charge in [-0.3, -0.25) is 9.78 Å². The predicted molar refractivity (Wildman–Crippen MR) is 141 cm³/mol. The zero-order valence-corrected chi connectivity index (χ0v) is 21.6. The number of halogens is 1. The van der Waals surface area contributed by atoms with Gasteiger partial charge in [-0.2, -0.15) is 0 Å². The van der Waals surface area contributed by atoms with E-state index in [-0.39, 0.29) is 42.3 Å². The van der Waals surface area contributed by atoms with Crippen molar-refractivity contribution in [2.45, 2.75) is 26.8 Å². The molecule has 3 aromatic rings. The Kier molecular flexibility index (Phi) is 8.44. The number of anilines is 2. The van der Waals surface area contributed by atoms with E-state index in [9.17, 15) is 4.79 Å². The third-order valence-corrected chi connectivity index (χ3v) is 6.23. The maximum absolute atomic E-state index is 12.5. The fraction of sp³-hybridized carbons (Fsp3) is 0.320. The molecule has 0 saturated carbocycles. The minimum absolute atomic E-state index is 0.128. The number of likely N-dealkylation sites (N-methyl/N-ethyl adjacent to an activating group) is 1. The van der Waals surface area contributed by atoms with Gasteiger partial charge in [-0.1, -0.05) is 17.7 Å². The lowest BCUT2D eigenvalue weighted by Gasteiger charge is -2.23. The highest BCUT2D eigenvalue weighted by Gasteiger charge is 2.23. The number of nitrogen functional groups attached to an aromatic ring is 1. The largest absolute Gasteiger partial charge is 0.496 e. The summed E-state index contributed by atoms with van der Waals surface area (Å²) >= 11 is 6.64. The van der Waals surface area contributed by atoms with Crippen molar-refractivity contribution in [2.75, 3.05) is 38.4 Å². The molecule has 1 unspecified atom stereocenters. The van der Waals surface area contributed by atoms with Crippen LogP contribution in [0.4, 0.5) is 11.6 Å². The SMILES string of the molecule is COc1c(C(C)Nc2ncnc(N)c2C(C)=N)cc(Cl)c(C)c1-c1ccc(C(=O)N(C)CCO)nc1. The quantitative estimate of drug-likeness (QED) is 0.317. The molecule has 2 heterocycles. The van der Waals surface area contributed by atoms with Gasteiger partial charge in [0.05, 0.1) is 25.3 Å². The summed E-state index contributed by atoms with van der Waals surface area (Å²) in [4.78, 5) is 26.5. The van der Waals surface area contributed by atoms with Crippen LogP contribution in [0.2, 0.25) is 5.02 Å². The number of carbonyl (C=O) groups excluding carboxylic acids is 1. The first-order chi connectivity index (χ1) is 17.1. The molecule has 2 aromatic heterocycles. The first kappa shape index (κ1) is 26.8. The number of hydrogen-bond donors (Lipinski definition) is 4. The monoisotopic (exact) mass is 511 g/mol. The Labute approximate surface area is 215 Å². The molecule has 0 aliphatic heterocycles. The molecule has 0 aliphatic rings. The van der Waals surface area contributed by atoms with Gasteiger partial charge in [0, 0.05) is 47.2 Å². The van der Waals surface area contributed by atoms with Crippen molar-refractivity contribution < 1.29 is 14.6 Å². The Morgan fingerprint density at radius 2 is 2.06 bits per heavy atom. The van der Waals surface area contributed by atoms with Gasteiger partial charge in [-0.15, -0.1) is 0 Å². The zero-order chi connectivity index (χ0) is 26.6. The van der Waals surface area contributed by atoms with Crippen molar-refractivity contribution in [3.8, 4) is 16.9 Å². The minimum atomic E-state index is -0.329. The summed E-state index contributed by atoms with van der Waals surface area (Å²) in [5, 5.41) is 21.0. The third kappa shape index (κ3) is 5.39. The fourth-order valence-corrected chi connectivity index (χ4v) is 4.12. The highest BCUT2D eigenvalue weighted by Crippen LogP contribution is 2.42. The summed E-state index contributed by atoms with van der Waals surface area (Å²) in [5.74, 6) is 0.946. The molecule has 0 saturated heterocycles. The normalized spacial score (nSPS) is 11.6. The third-order valence-electron chi connectivity index (χ3n) is 5.83. The zero-order valence-electron chi connectivity index (χ0n) is 20.9. The van der Waals surface area contributed by atoms with Gasteiger partial charge in [0.1, 0.15) is 29.4 Å². The van der Waals surface area contributed by atoms with Crippen LogP contribution in [0.5, 0.6) is 5.75 Å². The van der Waals surface area contributed by atoms with E-state index in [1.807, 2.05) is 19.9 Å². The predicted octanol–water partition coefficient (Wildman–Crippen LogP) is 3.72. The van der Waals surface area contributed by atoms with Crippen molar-refractivity contribution >= 4 is 34.9 Å². The van der Waals surface area contributed by atoms with Crippen LogP contribution in [0.15, 0.2) is 30.7 Å². The minimum Gasteiger partial charge on any atom is -0.496 e. The van der Waals surface area contributed by atoms with Crippen molar-refractivity contribution in [3.63, 3.8) is 0 Å². The molecule has 0 radical (unpaired) electrons. The van der Waals surface area contributed by atoms with Crippen LogP contribution in [0.1, 0.15) is 47.1 Å². The van der Waals surface area contributed by atoms with E-state index in [0.717, 1.165) is 22.3 Å².